The minimum Gasteiger partial charge on any atom is -0.381 e. The molecule has 0 saturated heterocycles. The van der Waals surface area contributed by atoms with Crippen LogP contribution in [0.15, 0.2) is 36.7 Å². The molecule has 1 amide bonds. The van der Waals surface area contributed by atoms with Crippen molar-refractivity contribution in [3.05, 3.63) is 53.3 Å². The molecule has 0 unspecified atom stereocenters. The molecule has 0 aliphatic heterocycles. The number of rotatable bonds is 4. The Labute approximate surface area is 106 Å². The number of aryl methyl sites for hydroxylation is 1. The lowest BCUT2D eigenvalue weighted by molar-refractivity contribution is 0.1000. The van der Waals surface area contributed by atoms with Crippen molar-refractivity contribution in [3.8, 4) is 0 Å². The van der Waals surface area contributed by atoms with Gasteiger partial charge in [-0.15, -0.1) is 0 Å². The number of aromatic nitrogens is 1. The van der Waals surface area contributed by atoms with Crippen molar-refractivity contribution in [1.82, 2.24) is 4.57 Å². The van der Waals surface area contributed by atoms with E-state index in [1.54, 1.807) is 6.07 Å². The first-order chi connectivity index (χ1) is 8.58. The molecule has 4 nitrogen and oxygen atoms in total. The van der Waals surface area contributed by atoms with Crippen LogP contribution < -0.4 is 11.1 Å². The van der Waals surface area contributed by atoms with Gasteiger partial charge in [-0.1, -0.05) is 6.07 Å². The van der Waals surface area contributed by atoms with Crippen molar-refractivity contribution in [2.24, 2.45) is 12.8 Å². The van der Waals surface area contributed by atoms with Crippen LogP contribution in [0.4, 0.5) is 5.69 Å². The molecule has 0 bridgehead atoms. The second kappa shape index (κ2) is 4.96. The van der Waals surface area contributed by atoms with E-state index < -0.39 is 5.91 Å². The Balaban J connectivity index is 2.14. The summed E-state index contributed by atoms with van der Waals surface area (Å²) in [6, 6.07) is 7.58. The van der Waals surface area contributed by atoms with Gasteiger partial charge in [0.1, 0.15) is 0 Å². The van der Waals surface area contributed by atoms with Crippen molar-refractivity contribution in [2.45, 2.75) is 13.5 Å². The van der Waals surface area contributed by atoms with E-state index in [9.17, 15) is 4.79 Å². The zero-order chi connectivity index (χ0) is 13.1. The fourth-order valence-corrected chi connectivity index (χ4v) is 1.96. The SMILES string of the molecule is Cc1c(NCc2ccn(C)c2)cccc1C(N)=O. The molecule has 3 N–H and O–H groups in total. The minimum atomic E-state index is -0.393. The molecule has 0 aliphatic carbocycles. The number of benzene rings is 1. The van der Waals surface area contributed by atoms with Gasteiger partial charge >= 0.3 is 0 Å². The summed E-state index contributed by atoms with van der Waals surface area (Å²) in [5.74, 6) is -0.393. The standard InChI is InChI=1S/C14H17N3O/c1-10-12(14(15)18)4-3-5-13(10)16-8-11-6-7-17(2)9-11/h3-7,9,16H,8H2,1-2H3,(H2,15,18). The molecule has 0 atom stereocenters. The van der Waals surface area contributed by atoms with Gasteiger partial charge in [0.05, 0.1) is 0 Å². The van der Waals surface area contributed by atoms with Gasteiger partial charge < -0.3 is 15.6 Å². The first-order valence-electron chi connectivity index (χ1n) is 5.82. The number of hydrogen-bond acceptors (Lipinski definition) is 2. The maximum absolute atomic E-state index is 11.2. The average Bonchev–Trinajstić information content (AvgIpc) is 2.73. The van der Waals surface area contributed by atoms with Crippen molar-refractivity contribution < 1.29 is 4.79 Å². The van der Waals surface area contributed by atoms with Gasteiger partial charge in [0.25, 0.3) is 0 Å². The second-order valence-corrected chi connectivity index (χ2v) is 4.38. The van der Waals surface area contributed by atoms with Gasteiger partial charge in [-0.2, -0.15) is 0 Å². The molecular weight excluding hydrogens is 226 g/mol. The maximum atomic E-state index is 11.2. The molecule has 4 heteroatoms. The number of carbonyl (C=O) groups is 1. The summed E-state index contributed by atoms with van der Waals surface area (Å²) in [5, 5.41) is 3.32. The van der Waals surface area contributed by atoms with Crippen LogP contribution in [0.2, 0.25) is 0 Å². The smallest absolute Gasteiger partial charge is 0.249 e. The monoisotopic (exact) mass is 243 g/mol. The summed E-state index contributed by atoms with van der Waals surface area (Å²) in [6.45, 7) is 2.62. The molecular formula is C14H17N3O. The number of amides is 1. The molecule has 0 saturated carbocycles. The Kier molecular flexibility index (Phi) is 3.37. The van der Waals surface area contributed by atoms with E-state index in [1.807, 2.05) is 36.9 Å². The Morgan fingerprint density at radius 2 is 2.17 bits per heavy atom. The fraction of sp³-hybridized carbons (Fsp3) is 0.214. The normalized spacial score (nSPS) is 10.3. The summed E-state index contributed by atoms with van der Waals surface area (Å²) in [6.07, 6.45) is 4.06. The number of primary amides is 1. The topological polar surface area (TPSA) is 60.1 Å². The van der Waals surface area contributed by atoms with E-state index in [4.69, 9.17) is 5.73 Å². The van der Waals surface area contributed by atoms with Crippen LogP contribution in [0, 0.1) is 6.92 Å². The third kappa shape index (κ3) is 2.53. The lowest BCUT2D eigenvalue weighted by Crippen LogP contribution is -2.13. The highest BCUT2D eigenvalue weighted by molar-refractivity contribution is 5.95. The van der Waals surface area contributed by atoms with Crippen LogP contribution in [0.25, 0.3) is 0 Å². The molecule has 1 aromatic heterocycles. The molecule has 0 fully saturated rings. The molecule has 2 aromatic rings. The maximum Gasteiger partial charge on any atom is 0.249 e. The molecule has 0 aliphatic rings. The molecule has 1 heterocycles. The summed E-state index contributed by atoms with van der Waals surface area (Å²) >= 11 is 0. The van der Waals surface area contributed by atoms with Crippen LogP contribution in [0.1, 0.15) is 21.5 Å². The van der Waals surface area contributed by atoms with E-state index in [0.717, 1.165) is 17.8 Å². The Bertz CT molecular complexity index is 572. The van der Waals surface area contributed by atoms with Gasteiger partial charge in [-0.3, -0.25) is 4.79 Å². The van der Waals surface area contributed by atoms with Crippen molar-refractivity contribution in [1.29, 1.82) is 0 Å². The van der Waals surface area contributed by atoms with Crippen molar-refractivity contribution >= 4 is 11.6 Å². The summed E-state index contributed by atoms with van der Waals surface area (Å²) in [7, 11) is 1.99. The van der Waals surface area contributed by atoms with E-state index in [0.29, 0.717) is 5.56 Å². The lowest BCUT2D eigenvalue weighted by atomic mass is 10.1. The zero-order valence-electron chi connectivity index (χ0n) is 10.6. The number of nitrogens with zero attached hydrogens (tertiary/aromatic N) is 1. The molecule has 0 spiro atoms. The second-order valence-electron chi connectivity index (χ2n) is 4.38. The van der Waals surface area contributed by atoms with Crippen molar-refractivity contribution in [3.63, 3.8) is 0 Å². The van der Waals surface area contributed by atoms with E-state index in [1.165, 1.54) is 5.56 Å². The minimum absolute atomic E-state index is 0.393. The number of hydrogen-bond donors (Lipinski definition) is 2. The zero-order valence-corrected chi connectivity index (χ0v) is 10.6. The first kappa shape index (κ1) is 12.2. The molecule has 1 aromatic carbocycles. The van der Waals surface area contributed by atoms with E-state index in [-0.39, 0.29) is 0 Å². The van der Waals surface area contributed by atoms with Crippen LogP contribution in [-0.4, -0.2) is 10.5 Å². The first-order valence-corrected chi connectivity index (χ1v) is 5.82. The summed E-state index contributed by atoms with van der Waals surface area (Å²) in [4.78, 5) is 11.2. The van der Waals surface area contributed by atoms with E-state index >= 15 is 0 Å². The average molecular weight is 243 g/mol. The predicted octanol–water partition coefficient (Wildman–Crippen LogP) is 2.04. The van der Waals surface area contributed by atoms with Crippen molar-refractivity contribution in [2.75, 3.05) is 5.32 Å². The molecule has 0 radical (unpaired) electrons. The number of anilines is 1. The Morgan fingerprint density at radius 1 is 1.39 bits per heavy atom. The van der Waals surface area contributed by atoms with Crippen LogP contribution in [-0.2, 0) is 13.6 Å². The quantitative estimate of drug-likeness (QED) is 0.863. The highest BCUT2D eigenvalue weighted by Crippen LogP contribution is 2.19. The van der Waals surface area contributed by atoms with Gasteiger partial charge in [0.2, 0.25) is 5.91 Å². The highest BCUT2D eigenvalue weighted by atomic mass is 16.1. The number of carbonyl (C=O) groups excluding carboxylic acids is 1. The number of nitrogens with two attached hydrogens (primary N) is 1. The van der Waals surface area contributed by atoms with Gasteiger partial charge in [-0.05, 0) is 36.2 Å². The predicted molar refractivity (Wildman–Crippen MR) is 72.4 cm³/mol. The Hall–Kier alpha value is -2.23. The van der Waals surface area contributed by atoms with E-state index in [2.05, 4.69) is 17.6 Å². The molecule has 2 rings (SSSR count). The molecule has 18 heavy (non-hydrogen) atoms. The largest absolute Gasteiger partial charge is 0.381 e. The third-order valence-electron chi connectivity index (χ3n) is 2.98. The lowest BCUT2D eigenvalue weighted by Gasteiger charge is -2.11. The summed E-state index contributed by atoms with van der Waals surface area (Å²) in [5.41, 5.74) is 8.91. The van der Waals surface area contributed by atoms with Crippen LogP contribution >= 0.6 is 0 Å². The third-order valence-corrected chi connectivity index (χ3v) is 2.98. The van der Waals surface area contributed by atoms with Crippen LogP contribution in [0.3, 0.4) is 0 Å². The van der Waals surface area contributed by atoms with Crippen LogP contribution in [0.5, 0.6) is 0 Å². The highest BCUT2D eigenvalue weighted by Gasteiger charge is 2.08. The molecule has 94 valence electrons. The Morgan fingerprint density at radius 3 is 2.78 bits per heavy atom. The van der Waals surface area contributed by atoms with Gasteiger partial charge in [-0.25, -0.2) is 0 Å². The fourth-order valence-electron chi connectivity index (χ4n) is 1.96. The number of nitrogens with one attached hydrogen (secondary N) is 1. The van der Waals surface area contributed by atoms with Gasteiger partial charge in [0.15, 0.2) is 0 Å². The van der Waals surface area contributed by atoms with Gasteiger partial charge in [0, 0.05) is 37.2 Å². The summed E-state index contributed by atoms with van der Waals surface area (Å²) < 4.78 is 2.00.